The number of fused-ring (bicyclic) bond motifs is 16. The van der Waals surface area contributed by atoms with E-state index < -0.39 is 5.41 Å². The molecule has 9 aromatic carbocycles. The molecule has 2 aliphatic rings. The van der Waals surface area contributed by atoms with E-state index in [1.807, 2.05) is 0 Å². The van der Waals surface area contributed by atoms with Crippen molar-refractivity contribution in [2.24, 2.45) is 0 Å². The van der Waals surface area contributed by atoms with Crippen molar-refractivity contribution in [3.05, 3.63) is 241 Å². The maximum atomic E-state index is 6.80. The third-order valence-electron chi connectivity index (χ3n) is 13.8. The minimum absolute atomic E-state index is 0.409. The van der Waals surface area contributed by atoms with Crippen molar-refractivity contribution in [3.8, 4) is 61.6 Å². The molecule has 0 saturated heterocycles. The Morgan fingerprint density at radius 1 is 0.333 bits per heavy atom. The lowest BCUT2D eigenvalue weighted by atomic mass is 9.70. The van der Waals surface area contributed by atoms with Crippen LogP contribution in [0.25, 0.3) is 105 Å². The maximum absolute atomic E-state index is 6.80. The number of benzene rings is 9. The van der Waals surface area contributed by atoms with Gasteiger partial charge in [0.1, 0.15) is 17.0 Å². The van der Waals surface area contributed by atoms with E-state index in [0.717, 1.165) is 72.3 Å². The van der Waals surface area contributed by atoms with Gasteiger partial charge in [0.15, 0.2) is 0 Å². The lowest BCUT2D eigenvalue weighted by Gasteiger charge is -2.30. The molecule has 0 aliphatic heterocycles. The molecule has 292 valence electrons. The van der Waals surface area contributed by atoms with E-state index in [4.69, 9.17) is 9.40 Å². The monoisotopic (exact) mass is 800 g/mol. The first-order valence-corrected chi connectivity index (χ1v) is 21.7. The van der Waals surface area contributed by atoms with Crippen molar-refractivity contribution in [3.63, 3.8) is 0 Å². The molecule has 0 atom stereocenters. The summed E-state index contributed by atoms with van der Waals surface area (Å²) in [4.78, 5) is 5.35. The Morgan fingerprint density at radius 3 is 1.60 bits per heavy atom. The molecule has 0 N–H and O–H groups in total. The number of para-hydroxylation sites is 1. The smallest absolute Gasteiger partial charge is 0.138 e. The van der Waals surface area contributed by atoms with Crippen LogP contribution in [0.5, 0.6) is 0 Å². The fraction of sp³-hybridized carbons (Fsp3) is 0.0167. The highest BCUT2D eigenvalue weighted by atomic mass is 16.3. The molecule has 2 aliphatic carbocycles. The molecule has 12 aromatic rings. The van der Waals surface area contributed by atoms with Crippen molar-refractivity contribution < 1.29 is 4.42 Å². The number of nitrogens with zero attached hydrogens (tertiary/aromatic N) is 2. The number of hydrogen-bond donors (Lipinski definition) is 0. The van der Waals surface area contributed by atoms with E-state index in [9.17, 15) is 0 Å². The summed E-state index contributed by atoms with van der Waals surface area (Å²) in [6, 6.07) is 79.4. The Labute approximate surface area is 363 Å². The van der Waals surface area contributed by atoms with Gasteiger partial charge in [0.25, 0.3) is 0 Å². The van der Waals surface area contributed by atoms with Gasteiger partial charge in [0, 0.05) is 27.1 Å². The minimum atomic E-state index is -0.409. The molecular weight excluding hydrogens is 765 g/mol. The number of pyridine rings is 1. The predicted molar refractivity (Wildman–Crippen MR) is 258 cm³/mol. The highest BCUT2D eigenvalue weighted by Crippen LogP contribution is 2.63. The summed E-state index contributed by atoms with van der Waals surface area (Å²) in [7, 11) is 0. The van der Waals surface area contributed by atoms with Crippen LogP contribution in [0, 0.1) is 0 Å². The average molecular weight is 801 g/mol. The van der Waals surface area contributed by atoms with Crippen molar-refractivity contribution >= 4 is 43.7 Å². The highest BCUT2D eigenvalue weighted by molar-refractivity contribution is 6.12. The van der Waals surface area contributed by atoms with Gasteiger partial charge in [0.05, 0.1) is 22.1 Å². The number of furan rings is 1. The van der Waals surface area contributed by atoms with Crippen LogP contribution in [0.2, 0.25) is 0 Å². The largest absolute Gasteiger partial charge is 0.456 e. The van der Waals surface area contributed by atoms with Crippen LogP contribution < -0.4 is 0 Å². The van der Waals surface area contributed by atoms with Crippen LogP contribution in [0.15, 0.2) is 223 Å². The number of hydrogen-bond acceptors (Lipinski definition) is 2. The zero-order chi connectivity index (χ0) is 41.2. The Bertz CT molecular complexity index is 3750. The number of rotatable bonds is 4. The highest BCUT2D eigenvalue weighted by Gasteiger charge is 2.51. The van der Waals surface area contributed by atoms with Crippen LogP contribution >= 0.6 is 0 Å². The molecule has 0 amide bonds. The van der Waals surface area contributed by atoms with Gasteiger partial charge in [-0.05, 0) is 121 Å². The SMILES string of the molecule is c1ccc(-c2cc(-c3ccccc3)nc(-n3c4ccccc4c4cc(-c5ccc6oc7cc8c(cc7c6c5)-c5ccccc5C85c6ccccc6-c6ccccc65)ccc43)c2)cc1. The van der Waals surface area contributed by atoms with Gasteiger partial charge < -0.3 is 4.42 Å². The van der Waals surface area contributed by atoms with Gasteiger partial charge in [-0.2, -0.15) is 0 Å². The summed E-state index contributed by atoms with van der Waals surface area (Å²) in [5, 5.41) is 4.63. The zero-order valence-corrected chi connectivity index (χ0v) is 34.1. The maximum Gasteiger partial charge on any atom is 0.138 e. The predicted octanol–water partition coefficient (Wildman–Crippen LogP) is 15.4. The molecule has 0 radical (unpaired) electrons. The standard InChI is InChI=1S/C60H36N2O/c1-3-15-37(16-4-1)41-33-54(38-17-5-2-6-18-38)61-59(34-41)62-55-26-14-10-22-45(55)47-31-39(27-29-56(47)62)40-28-30-57-48(32-40)49-35-46-44-21-9-13-25-52(44)60(53(46)36-58(49)63-57)50-23-11-7-19-42(50)43-20-8-12-24-51(43)60/h1-36H. The number of aromatic nitrogens is 2. The van der Waals surface area contributed by atoms with Gasteiger partial charge in [-0.1, -0.05) is 164 Å². The fourth-order valence-corrected chi connectivity index (χ4v) is 11.1. The Morgan fingerprint density at radius 2 is 0.889 bits per heavy atom. The molecule has 14 rings (SSSR count). The third-order valence-corrected chi connectivity index (χ3v) is 13.8. The van der Waals surface area contributed by atoms with E-state index in [1.54, 1.807) is 0 Å². The van der Waals surface area contributed by atoms with Crippen LogP contribution in [-0.4, -0.2) is 9.55 Å². The first-order valence-electron chi connectivity index (χ1n) is 21.7. The van der Waals surface area contributed by atoms with Crippen molar-refractivity contribution in [1.82, 2.24) is 9.55 Å². The summed E-state index contributed by atoms with van der Waals surface area (Å²) in [6.07, 6.45) is 0. The molecule has 3 aromatic heterocycles. The Kier molecular flexibility index (Phi) is 7.04. The molecule has 3 heteroatoms. The molecule has 0 bridgehead atoms. The second-order valence-electron chi connectivity index (χ2n) is 17.0. The van der Waals surface area contributed by atoms with Crippen LogP contribution in [0.3, 0.4) is 0 Å². The van der Waals surface area contributed by atoms with Crippen molar-refractivity contribution in [2.45, 2.75) is 5.41 Å². The molecule has 3 heterocycles. The second kappa shape index (κ2) is 12.9. The third kappa shape index (κ3) is 4.76. The quantitative estimate of drug-likeness (QED) is 0.177. The Hall–Kier alpha value is -8.27. The van der Waals surface area contributed by atoms with Gasteiger partial charge in [-0.25, -0.2) is 4.98 Å². The summed E-state index contributed by atoms with van der Waals surface area (Å²) in [6.45, 7) is 0. The molecule has 0 saturated carbocycles. The summed E-state index contributed by atoms with van der Waals surface area (Å²) in [5.74, 6) is 0.890. The minimum Gasteiger partial charge on any atom is -0.456 e. The van der Waals surface area contributed by atoms with Gasteiger partial charge in [-0.15, -0.1) is 0 Å². The average Bonchev–Trinajstić information content (AvgIpc) is 4.06. The lowest BCUT2D eigenvalue weighted by molar-refractivity contribution is 0.666. The zero-order valence-electron chi connectivity index (χ0n) is 34.1. The van der Waals surface area contributed by atoms with Gasteiger partial charge >= 0.3 is 0 Å². The first kappa shape index (κ1) is 34.4. The topological polar surface area (TPSA) is 31.0 Å². The van der Waals surface area contributed by atoms with Crippen LogP contribution in [-0.2, 0) is 5.41 Å². The van der Waals surface area contributed by atoms with Crippen LogP contribution in [0.4, 0.5) is 0 Å². The summed E-state index contributed by atoms with van der Waals surface area (Å²) < 4.78 is 9.12. The normalized spacial score (nSPS) is 13.2. The molecule has 3 nitrogen and oxygen atoms in total. The first-order chi connectivity index (χ1) is 31.2. The molecule has 0 unspecified atom stereocenters. The van der Waals surface area contributed by atoms with Gasteiger partial charge in [0.2, 0.25) is 0 Å². The van der Waals surface area contributed by atoms with E-state index in [-0.39, 0.29) is 0 Å². The van der Waals surface area contributed by atoms with E-state index in [1.165, 1.54) is 55.3 Å². The van der Waals surface area contributed by atoms with Gasteiger partial charge in [-0.3, -0.25) is 4.57 Å². The van der Waals surface area contributed by atoms with E-state index >= 15 is 0 Å². The van der Waals surface area contributed by atoms with Crippen LogP contribution in [0.1, 0.15) is 22.3 Å². The van der Waals surface area contributed by atoms with E-state index in [2.05, 4.69) is 223 Å². The summed E-state index contributed by atoms with van der Waals surface area (Å²) in [5.41, 5.74) is 20.7. The Balaban J connectivity index is 0.939. The van der Waals surface area contributed by atoms with Crippen molar-refractivity contribution in [2.75, 3.05) is 0 Å². The van der Waals surface area contributed by atoms with Crippen molar-refractivity contribution in [1.29, 1.82) is 0 Å². The second-order valence-corrected chi connectivity index (χ2v) is 17.0. The molecule has 63 heavy (non-hydrogen) atoms. The molecule has 1 spiro atoms. The lowest BCUT2D eigenvalue weighted by Crippen LogP contribution is -2.25. The fourth-order valence-electron chi connectivity index (χ4n) is 11.1. The molecular formula is C60H36N2O. The molecule has 0 fully saturated rings. The summed E-state index contributed by atoms with van der Waals surface area (Å²) >= 11 is 0. The van der Waals surface area contributed by atoms with E-state index in [0.29, 0.717) is 0 Å².